The van der Waals surface area contributed by atoms with Crippen LogP contribution in [0.4, 0.5) is 17.2 Å². The van der Waals surface area contributed by atoms with E-state index in [1.165, 1.54) is 6.33 Å². The van der Waals surface area contributed by atoms with Gasteiger partial charge >= 0.3 is 0 Å². The van der Waals surface area contributed by atoms with Crippen LogP contribution < -0.4 is 19.7 Å². The number of aryl methyl sites for hydroxylation is 1. The fourth-order valence-electron chi connectivity index (χ4n) is 5.65. The van der Waals surface area contributed by atoms with Gasteiger partial charge in [0.1, 0.15) is 42.3 Å². The highest BCUT2D eigenvalue weighted by molar-refractivity contribution is 5.95. The highest BCUT2D eigenvalue weighted by Gasteiger charge is 2.34. The number of carbonyl (C=O) groups excluding carboxylic acids is 1. The van der Waals surface area contributed by atoms with Gasteiger partial charge in [-0.1, -0.05) is 6.08 Å². The minimum Gasteiger partial charge on any atom is -0.489 e. The predicted octanol–water partition coefficient (Wildman–Crippen LogP) is 4.04. The van der Waals surface area contributed by atoms with E-state index in [2.05, 4.69) is 36.3 Å². The molecule has 2 bridgehead atoms. The van der Waals surface area contributed by atoms with Crippen molar-refractivity contribution in [2.24, 2.45) is 0 Å². The SMILES string of the molecule is Cc1cc(Nc2ncnc3cc4c(cc23)N2CCN(C(=O)/C=C/CN(C)C)[C@H](CO4)C2)ccc1Oc1ccn2ncnc2c1. The van der Waals surface area contributed by atoms with Crippen molar-refractivity contribution in [2.75, 3.05) is 57.1 Å². The fourth-order valence-corrected chi connectivity index (χ4v) is 5.65. The van der Waals surface area contributed by atoms with Crippen LogP contribution in [-0.2, 0) is 4.79 Å². The van der Waals surface area contributed by atoms with Gasteiger partial charge in [-0.15, -0.1) is 0 Å². The smallest absolute Gasteiger partial charge is 0.246 e. The molecule has 0 spiro atoms. The molecule has 12 heteroatoms. The summed E-state index contributed by atoms with van der Waals surface area (Å²) in [6.45, 7) is 5.21. The number of likely N-dealkylation sites (N-methyl/N-ethyl adjacent to an activating group) is 1. The Morgan fingerprint density at radius 1 is 1.11 bits per heavy atom. The first-order chi connectivity index (χ1) is 21.4. The molecule has 0 unspecified atom stereocenters. The second kappa shape index (κ2) is 11.5. The van der Waals surface area contributed by atoms with Gasteiger partial charge in [0.2, 0.25) is 5.91 Å². The maximum Gasteiger partial charge on any atom is 0.246 e. The normalized spacial score (nSPS) is 16.3. The fraction of sp³-hybridized carbons (Fsp3) is 0.281. The number of fused-ring (bicyclic) bond motifs is 6. The maximum atomic E-state index is 13.0. The molecule has 44 heavy (non-hydrogen) atoms. The van der Waals surface area contributed by atoms with Crippen molar-refractivity contribution >= 4 is 39.6 Å². The molecule has 5 heterocycles. The number of hydrogen-bond acceptors (Lipinski definition) is 10. The number of hydrogen-bond donors (Lipinski definition) is 1. The molecule has 2 aliphatic rings. The van der Waals surface area contributed by atoms with Gasteiger partial charge in [0.25, 0.3) is 0 Å². The van der Waals surface area contributed by atoms with Gasteiger partial charge in [0.05, 0.1) is 17.2 Å². The summed E-state index contributed by atoms with van der Waals surface area (Å²) in [6.07, 6.45) is 8.46. The van der Waals surface area contributed by atoms with Gasteiger partial charge in [0, 0.05) is 61.7 Å². The lowest BCUT2D eigenvalue weighted by atomic mass is 10.1. The van der Waals surface area contributed by atoms with Crippen LogP contribution in [0, 0.1) is 6.92 Å². The van der Waals surface area contributed by atoms with Crippen LogP contribution in [0.3, 0.4) is 0 Å². The summed E-state index contributed by atoms with van der Waals surface area (Å²) in [5.74, 6) is 2.92. The number of nitrogens with one attached hydrogen (secondary N) is 1. The molecule has 2 aliphatic heterocycles. The minimum atomic E-state index is -0.0403. The zero-order valence-corrected chi connectivity index (χ0v) is 24.8. The van der Waals surface area contributed by atoms with Gasteiger partial charge in [0.15, 0.2) is 5.65 Å². The van der Waals surface area contributed by atoms with Crippen molar-refractivity contribution in [3.8, 4) is 17.2 Å². The lowest BCUT2D eigenvalue weighted by molar-refractivity contribution is -0.129. The molecule has 224 valence electrons. The molecule has 7 rings (SSSR count). The van der Waals surface area contributed by atoms with Crippen molar-refractivity contribution < 1.29 is 14.3 Å². The van der Waals surface area contributed by atoms with Crippen molar-refractivity contribution in [1.29, 1.82) is 0 Å². The molecule has 1 saturated heterocycles. The Morgan fingerprint density at radius 2 is 2.02 bits per heavy atom. The molecule has 0 aliphatic carbocycles. The van der Waals surface area contributed by atoms with E-state index >= 15 is 0 Å². The largest absolute Gasteiger partial charge is 0.489 e. The zero-order valence-electron chi connectivity index (χ0n) is 24.8. The zero-order chi connectivity index (χ0) is 30.2. The van der Waals surface area contributed by atoms with Crippen LogP contribution in [-0.4, -0.2) is 93.2 Å². The highest BCUT2D eigenvalue weighted by Crippen LogP contribution is 2.39. The van der Waals surface area contributed by atoms with Gasteiger partial charge in [-0.3, -0.25) is 4.79 Å². The van der Waals surface area contributed by atoms with E-state index in [1.54, 1.807) is 16.9 Å². The van der Waals surface area contributed by atoms with Crippen LogP contribution in [0.25, 0.3) is 16.6 Å². The summed E-state index contributed by atoms with van der Waals surface area (Å²) < 4.78 is 14.1. The van der Waals surface area contributed by atoms with Crippen molar-refractivity contribution in [3.63, 3.8) is 0 Å². The summed E-state index contributed by atoms with van der Waals surface area (Å²) in [5, 5.41) is 8.49. The quantitative estimate of drug-likeness (QED) is 0.278. The Morgan fingerprint density at radius 3 is 2.89 bits per heavy atom. The lowest BCUT2D eigenvalue weighted by Crippen LogP contribution is -2.56. The summed E-state index contributed by atoms with van der Waals surface area (Å²) in [6, 6.07) is 13.7. The summed E-state index contributed by atoms with van der Waals surface area (Å²) in [4.78, 5) is 32.5. The number of aromatic nitrogens is 5. The minimum absolute atomic E-state index is 0.0247. The van der Waals surface area contributed by atoms with Crippen LogP contribution in [0.2, 0.25) is 0 Å². The Bertz CT molecular complexity index is 1890. The number of anilines is 3. The van der Waals surface area contributed by atoms with E-state index in [4.69, 9.17) is 9.47 Å². The second-order valence-corrected chi connectivity index (χ2v) is 11.3. The lowest BCUT2D eigenvalue weighted by Gasteiger charge is -2.39. The first-order valence-corrected chi connectivity index (χ1v) is 14.5. The molecule has 12 nitrogen and oxygen atoms in total. The third-order valence-electron chi connectivity index (χ3n) is 7.90. The van der Waals surface area contributed by atoms with Crippen molar-refractivity contribution in [2.45, 2.75) is 13.0 Å². The predicted molar refractivity (Wildman–Crippen MR) is 168 cm³/mol. The number of ether oxygens (including phenoxy) is 2. The standard InChI is InChI=1S/C32H33N9O3/c1-21-13-22(6-7-28(21)44-24-8-10-41-30(14-24)34-20-36-41)37-32-25-15-27-29(16-26(25)33-19-35-32)43-18-23-17-39(27)11-12-40(23)31(42)5-4-9-38(2)3/h4-8,10,13-16,19-20,23H,9,11-12,17-18H2,1-3H3,(H,33,35,37)/b5-4+/t23-/m0/s1. The number of nitrogens with zero attached hydrogens (tertiary/aromatic N) is 8. The number of piperazine rings is 1. The Balaban J connectivity index is 1.10. The van der Waals surface area contributed by atoms with Gasteiger partial charge in [-0.25, -0.2) is 19.5 Å². The molecule has 1 N–H and O–H groups in total. The molecule has 2 aromatic carbocycles. The number of benzene rings is 2. The van der Waals surface area contributed by atoms with Crippen LogP contribution in [0.1, 0.15) is 5.56 Å². The van der Waals surface area contributed by atoms with Crippen molar-refractivity contribution in [3.05, 3.63) is 79.0 Å². The van der Waals surface area contributed by atoms with E-state index in [0.717, 1.165) is 51.5 Å². The van der Waals surface area contributed by atoms with Crippen LogP contribution in [0.5, 0.6) is 17.2 Å². The molecule has 0 saturated carbocycles. The van der Waals surface area contributed by atoms with Gasteiger partial charge < -0.3 is 29.5 Å². The molecule has 1 atom stereocenters. The molecule has 3 aromatic heterocycles. The third kappa shape index (κ3) is 5.47. The third-order valence-corrected chi connectivity index (χ3v) is 7.90. The van der Waals surface area contributed by atoms with E-state index in [9.17, 15) is 4.79 Å². The van der Waals surface area contributed by atoms with E-state index in [-0.39, 0.29) is 11.9 Å². The average Bonchev–Trinajstić information content (AvgIpc) is 3.44. The molecule has 5 aromatic rings. The first kappa shape index (κ1) is 27.6. The molecule has 1 amide bonds. The monoisotopic (exact) mass is 591 g/mol. The first-order valence-electron chi connectivity index (χ1n) is 14.5. The Kier molecular flexibility index (Phi) is 7.18. The maximum absolute atomic E-state index is 13.0. The Hall–Kier alpha value is -5.23. The second-order valence-electron chi connectivity index (χ2n) is 11.3. The number of rotatable bonds is 7. The van der Waals surface area contributed by atoms with Crippen LogP contribution in [0.15, 0.2) is 73.5 Å². The van der Waals surface area contributed by atoms with Crippen molar-refractivity contribution in [1.82, 2.24) is 34.4 Å². The van der Waals surface area contributed by atoms with E-state index < -0.39 is 0 Å². The molecule has 1 fully saturated rings. The molecule has 0 radical (unpaired) electrons. The average molecular weight is 592 g/mol. The van der Waals surface area contributed by atoms with E-state index in [1.807, 2.05) is 79.5 Å². The Labute approximate surface area is 254 Å². The molecular weight excluding hydrogens is 558 g/mol. The highest BCUT2D eigenvalue weighted by atomic mass is 16.5. The van der Waals surface area contributed by atoms with E-state index in [0.29, 0.717) is 37.8 Å². The van der Waals surface area contributed by atoms with Crippen LogP contribution >= 0.6 is 0 Å². The van der Waals surface area contributed by atoms with Gasteiger partial charge in [-0.05, 0) is 56.9 Å². The van der Waals surface area contributed by atoms with Gasteiger partial charge in [-0.2, -0.15) is 5.10 Å². The topological polar surface area (TPSA) is 113 Å². The molecular formula is C32H33N9O3. The summed E-state index contributed by atoms with van der Waals surface area (Å²) in [7, 11) is 3.96. The summed E-state index contributed by atoms with van der Waals surface area (Å²) in [5.41, 5.74) is 4.32. The number of carbonyl (C=O) groups is 1. The number of amides is 1. The number of pyridine rings is 1. The summed E-state index contributed by atoms with van der Waals surface area (Å²) >= 11 is 0.